The maximum absolute atomic E-state index is 10.9. The van der Waals surface area contributed by atoms with Crippen LogP contribution in [0.3, 0.4) is 0 Å². The summed E-state index contributed by atoms with van der Waals surface area (Å²) in [6, 6.07) is 8.09. The Morgan fingerprint density at radius 2 is 1.51 bits per heavy atom. The number of hydrogen-bond donors (Lipinski definition) is 6. The van der Waals surface area contributed by atoms with Crippen LogP contribution in [0.2, 0.25) is 0 Å². The lowest BCUT2D eigenvalue weighted by atomic mass is 10.00. The molecular formula is C27H38O12. The van der Waals surface area contributed by atoms with Gasteiger partial charge in [-0.05, 0) is 55.2 Å². The number of aliphatic hydroxyl groups excluding tert-OH is 5. The minimum Gasteiger partial charge on any atom is -0.502 e. The van der Waals surface area contributed by atoms with E-state index in [4.69, 9.17) is 28.4 Å². The molecule has 6 N–H and O–H groups in total. The van der Waals surface area contributed by atoms with Crippen LogP contribution in [0, 0.1) is 0 Å². The quantitative estimate of drug-likeness (QED) is 0.191. The Morgan fingerprint density at radius 1 is 0.872 bits per heavy atom. The first-order valence-corrected chi connectivity index (χ1v) is 12.5. The highest BCUT2D eigenvalue weighted by molar-refractivity contribution is 5.53. The third-order valence-electron chi connectivity index (χ3n) is 6.58. The highest BCUT2D eigenvalue weighted by atomic mass is 16.7. The van der Waals surface area contributed by atoms with Crippen molar-refractivity contribution in [3.63, 3.8) is 0 Å². The molecule has 7 atom stereocenters. The van der Waals surface area contributed by atoms with Gasteiger partial charge in [0.2, 0.25) is 5.75 Å². The van der Waals surface area contributed by atoms with Crippen molar-refractivity contribution < 1.29 is 59.1 Å². The second kappa shape index (κ2) is 14.0. The van der Waals surface area contributed by atoms with Crippen molar-refractivity contribution in [2.24, 2.45) is 0 Å². The standard InChI is InChI=1S/C27H38O12/c1-14-22(29)25(32)26(33)27(38-14)37-9-5-6-15-7-8-17(18(10-15)34-2)39-21(13-28)23(30)16-11-19(35-3)24(31)20(12-16)36-4/h7-8,10-12,14,21-23,25-33H,5-6,9,13H2,1-4H3. The van der Waals surface area contributed by atoms with Crippen molar-refractivity contribution in [2.45, 2.75) is 62.7 Å². The molecule has 2 aromatic rings. The normalized spacial score (nSPS) is 24.6. The number of phenolic OH excluding ortho intramolecular Hbond substituents is 1. The van der Waals surface area contributed by atoms with Crippen LogP contribution >= 0.6 is 0 Å². The van der Waals surface area contributed by atoms with Gasteiger partial charge < -0.3 is 59.1 Å². The van der Waals surface area contributed by atoms with Gasteiger partial charge in [0, 0.05) is 0 Å². The smallest absolute Gasteiger partial charge is 0.200 e. The molecule has 1 aliphatic rings. The summed E-state index contributed by atoms with van der Waals surface area (Å²) in [6.07, 6.45) is -6.84. The first kappa shape index (κ1) is 30.7. The van der Waals surface area contributed by atoms with E-state index in [1.807, 2.05) is 0 Å². The molecule has 3 rings (SSSR count). The summed E-state index contributed by atoms with van der Waals surface area (Å²) in [5.74, 6) is 0.664. The van der Waals surface area contributed by atoms with Crippen LogP contribution in [0.15, 0.2) is 30.3 Å². The van der Waals surface area contributed by atoms with Gasteiger partial charge in [0.15, 0.2) is 35.4 Å². The minimum atomic E-state index is -1.36. The molecular weight excluding hydrogens is 516 g/mol. The number of aliphatic hydroxyl groups is 5. The molecule has 0 aromatic heterocycles. The van der Waals surface area contributed by atoms with E-state index in [0.29, 0.717) is 29.9 Å². The van der Waals surface area contributed by atoms with Crippen molar-refractivity contribution in [3.8, 4) is 28.7 Å². The van der Waals surface area contributed by atoms with E-state index in [2.05, 4.69) is 0 Å². The summed E-state index contributed by atoms with van der Waals surface area (Å²) in [4.78, 5) is 0. The van der Waals surface area contributed by atoms with Gasteiger partial charge in [-0.15, -0.1) is 0 Å². The Kier molecular flexibility index (Phi) is 11.0. The first-order chi connectivity index (χ1) is 18.6. The zero-order valence-corrected chi connectivity index (χ0v) is 22.4. The molecule has 1 heterocycles. The van der Waals surface area contributed by atoms with Gasteiger partial charge in [-0.25, -0.2) is 0 Å². The fourth-order valence-electron chi connectivity index (χ4n) is 4.26. The minimum absolute atomic E-state index is 0.0962. The van der Waals surface area contributed by atoms with E-state index >= 15 is 0 Å². The Bertz CT molecular complexity index is 1040. The lowest BCUT2D eigenvalue weighted by Gasteiger charge is -2.38. The SMILES string of the molecule is COc1cc(CCCOC2OC(C)C(O)C(O)C2O)ccc1OC(CO)C(O)c1cc(OC)c(O)c(OC)c1. The molecule has 1 saturated heterocycles. The summed E-state index contributed by atoms with van der Waals surface area (Å²) in [7, 11) is 4.21. The topological polar surface area (TPSA) is 177 Å². The fraction of sp³-hybridized carbons (Fsp3) is 0.556. The third-order valence-corrected chi connectivity index (χ3v) is 6.58. The second-order valence-corrected chi connectivity index (χ2v) is 9.20. The number of aryl methyl sites for hydroxylation is 1. The second-order valence-electron chi connectivity index (χ2n) is 9.20. The number of phenols is 1. The third kappa shape index (κ3) is 7.22. The molecule has 2 aromatic carbocycles. The Morgan fingerprint density at radius 3 is 2.10 bits per heavy atom. The van der Waals surface area contributed by atoms with E-state index < -0.39 is 49.5 Å². The molecule has 0 aliphatic carbocycles. The Hall–Kier alpha value is -2.84. The van der Waals surface area contributed by atoms with Crippen molar-refractivity contribution in [1.29, 1.82) is 0 Å². The molecule has 0 radical (unpaired) electrons. The van der Waals surface area contributed by atoms with Crippen LogP contribution in [-0.2, 0) is 15.9 Å². The number of benzene rings is 2. The summed E-state index contributed by atoms with van der Waals surface area (Å²) in [6.45, 7) is 1.30. The predicted molar refractivity (Wildman–Crippen MR) is 137 cm³/mol. The van der Waals surface area contributed by atoms with Crippen LogP contribution in [0.25, 0.3) is 0 Å². The van der Waals surface area contributed by atoms with Crippen molar-refractivity contribution in [3.05, 3.63) is 41.5 Å². The van der Waals surface area contributed by atoms with Crippen LogP contribution in [0.5, 0.6) is 28.7 Å². The number of aromatic hydroxyl groups is 1. The van der Waals surface area contributed by atoms with E-state index in [1.54, 1.807) is 25.1 Å². The Balaban J connectivity index is 1.62. The number of hydrogen-bond acceptors (Lipinski definition) is 12. The monoisotopic (exact) mass is 554 g/mol. The zero-order chi connectivity index (χ0) is 28.7. The molecule has 12 heteroatoms. The molecule has 7 unspecified atom stereocenters. The average molecular weight is 555 g/mol. The van der Waals surface area contributed by atoms with Gasteiger partial charge in [0.25, 0.3) is 0 Å². The molecule has 39 heavy (non-hydrogen) atoms. The van der Waals surface area contributed by atoms with Gasteiger partial charge in [-0.3, -0.25) is 0 Å². The van der Waals surface area contributed by atoms with E-state index in [0.717, 1.165) is 5.56 Å². The van der Waals surface area contributed by atoms with Gasteiger partial charge in [-0.1, -0.05) is 6.07 Å². The van der Waals surface area contributed by atoms with Crippen molar-refractivity contribution in [2.75, 3.05) is 34.5 Å². The molecule has 12 nitrogen and oxygen atoms in total. The molecule has 0 bridgehead atoms. The van der Waals surface area contributed by atoms with Crippen LogP contribution < -0.4 is 18.9 Å². The number of methoxy groups -OCH3 is 3. The summed E-state index contributed by atoms with van der Waals surface area (Å²) >= 11 is 0. The molecule has 0 spiro atoms. The highest BCUT2D eigenvalue weighted by Crippen LogP contribution is 2.40. The molecule has 218 valence electrons. The van der Waals surface area contributed by atoms with Crippen molar-refractivity contribution in [1.82, 2.24) is 0 Å². The van der Waals surface area contributed by atoms with Gasteiger partial charge in [-0.2, -0.15) is 0 Å². The number of ether oxygens (including phenoxy) is 6. The molecule has 1 fully saturated rings. The largest absolute Gasteiger partial charge is 0.502 e. The lowest BCUT2D eigenvalue weighted by molar-refractivity contribution is -0.293. The predicted octanol–water partition coefficient (Wildman–Crippen LogP) is 0.668. The summed E-state index contributed by atoms with van der Waals surface area (Å²) in [5, 5.41) is 60.7. The first-order valence-electron chi connectivity index (χ1n) is 12.5. The van der Waals surface area contributed by atoms with Crippen LogP contribution in [0.4, 0.5) is 0 Å². The Labute approximate surface area is 226 Å². The van der Waals surface area contributed by atoms with Crippen molar-refractivity contribution >= 4 is 0 Å². The summed E-state index contributed by atoms with van der Waals surface area (Å²) in [5.41, 5.74) is 1.20. The number of rotatable bonds is 13. The van der Waals surface area contributed by atoms with Crippen LogP contribution in [0.1, 0.15) is 30.6 Å². The maximum Gasteiger partial charge on any atom is 0.200 e. The fourth-order valence-corrected chi connectivity index (χ4v) is 4.26. The molecule has 1 aliphatic heterocycles. The van der Waals surface area contributed by atoms with Gasteiger partial charge >= 0.3 is 0 Å². The maximum atomic E-state index is 10.9. The lowest BCUT2D eigenvalue weighted by Crippen LogP contribution is -2.57. The zero-order valence-electron chi connectivity index (χ0n) is 22.4. The van der Waals surface area contributed by atoms with Gasteiger partial charge in [0.1, 0.15) is 24.4 Å². The van der Waals surface area contributed by atoms with E-state index in [-0.39, 0.29) is 23.9 Å². The molecule has 0 saturated carbocycles. The van der Waals surface area contributed by atoms with Crippen LogP contribution in [-0.4, -0.2) is 102 Å². The van der Waals surface area contributed by atoms with E-state index in [1.165, 1.54) is 33.5 Å². The highest BCUT2D eigenvalue weighted by Gasteiger charge is 2.42. The average Bonchev–Trinajstić information content (AvgIpc) is 2.95. The molecule has 0 amide bonds. The van der Waals surface area contributed by atoms with Gasteiger partial charge in [0.05, 0.1) is 40.6 Å². The van der Waals surface area contributed by atoms with E-state index in [9.17, 15) is 30.6 Å². The summed E-state index contributed by atoms with van der Waals surface area (Å²) < 4.78 is 32.6.